The van der Waals surface area contributed by atoms with Crippen LogP contribution in [-0.2, 0) is 4.79 Å². The van der Waals surface area contributed by atoms with E-state index in [1.54, 1.807) is 6.07 Å². The van der Waals surface area contributed by atoms with E-state index in [4.69, 9.17) is 11.6 Å². The smallest absolute Gasteiger partial charge is 0.212 e. The summed E-state index contributed by atoms with van der Waals surface area (Å²) in [6.07, 6.45) is 3.34. The van der Waals surface area contributed by atoms with E-state index in [0.717, 1.165) is 37.4 Å². The van der Waals surface area contributed by atoms with Gasteiger partial charge in [-0.25, -0.2) is 9.97 Å². The van der Waals surface area contributed by atoms with Gasteiger partial charge in [0.25, 0.3) is 0 Å². The van der Waals surface area contributed by atoms with E-state index in [0.29, 0.717) is 22.8 Å². The second-order valence-corrected chi connectivity index (χ2v) is 5.82. The van der Waals surface area contributed by atoms with Crippen LogP contribution in [0.25, 0.3) is 11.3 Å². The molecule has 2 aromatic heterocycles. The van der Waals surface area contributed by atoms with Crippen molar-refractivity contribution < 1.29 is 9.90 Å². The molecule has 2 N–H and O–H groups in total. The standard InChI is InChI=1S/C16H17ClN4O2/c17-13-9-18-15(19-10-22)8-12(13)14-2-1-3-16(20-14)21-6-4-11(23)5-7-21/h1-3,8-11,23H,4-7H2,(H,18,19,22). The minimum Gasteiger partial charge on any atom is -0.393 e. The summed E-state index contributed by atoms with van der Waals surface area (Å²) >= 11 is 6.22. The first-order valence-electron chi connectivity index (χ1n) is 7.43. The van der Waals surface area contributed by atoms with Gasteiger partial charge in [0.2, 0.25) is 6.41 Å². The zero-order valence-corrected chi connectivity index (χ0v) is 13.2. The van der Waals surface area contributed by atoms with Crippen LogP contribution in [0.5, 0.6) is 0 Å². The molecule has 0 aromatic carbocycles. The summed E-state index contributed by atoms with van der Waals surface area (Å²) < 4.78 is 0. The van der Waals surface area contributed by atoms with Gasteiger partial charge in [0.05, 0.1) is 16.8 Å². The predicted octanol–water partition coefficient (Wildman–Crippen LogP) is 2.33. The molecule has 3 heterocycles. The Labute approximate surface area is 139 Å². The molecule has 0 spiro atoms. The van der Waals surface area contributed by atoms with Crippen LogP contribution in [0.15, 0.2) is 30.5 Å². The SMILES string of the molecule is O=CNc1cc(-c2cccc(N3CCC(O)CC3)n2)c(Cl)cn1. The number of nitrogens with zero attached hydrogens (tertiary/aromatic N) is 3. The Morgan fingerprint density at radius 3 is 2.87 bits per heavy atom. The fourth-order valence-electron chi connectivity index (χ4n) is 2.62. The van der Waals surface area contributed by atoms with Crippen molar-refractivity contribution in [2.75, 3.05) is 23.3 Å². The third-order valence-electron chi connectivity index (χ3n) is 3.86. The molecule has 0 bridgehead atoms. The number of aliphatic hydroxyl groups excluding tert-OH is 1. The molecule has 1 saturated heterocycles. The van der Waals surface area contributed by atoms with Gasteiger partial charge in [0.1, 0.15) is 11.6 Å². The quantitative estimate of drug-likeness (QED) is 0.840. The maximum atomic E-state index is 10.6. The lowest BCUT2D eigenvalue weighted by molar-refractivity contribution is -0.105. The summed E-state index contributed by atoms with van der Waals surface area (Å²) in [4.78, 5) is 21.4. The molecule has 0 unspecified atom stereocenters. The molecule has 1 fully saturated rings. The van der Waals surface area contributed by atoms with Crippen molar-refractivity contribution in [3.63, 3.8) is 0 Å². The maximum absolute atomic E-state index is 10.6. The van der Waals surface area contributed by atoms with Gasteiger partial charge in [-0.1, -0.05) is 17.7 Å². The molecule has 0 aliphatic carbocycles. The number of amides is 1. The lowest BCUT2D eigenvalue weighted by Crippen LogP contribution is -2.36. The highest BCUT2D eigenvalue weighted by molar-refractivity contribution is 6.33. The zero-order valence-electron chi connectivity index (χ0n) is 12.4. The van der Waals surface area contributed by atoms with E-state index < -0.39 is 0 Å². The van der Waals surface area contributed by atoms with Crippen LogP contribution in [-0.4, -0.2) is 40.7 Å². The topological polar surface area (TPSA) is 78.4 Å². The zero-order chi connectivity index (χ0) is 16.2. The molecule has 3 rings (SSSR count). The molecule has 0 radical (unpaired) electrons. The van der Waals surface area contributed by atoms with Crippen LogP contribution < -0.4 is 10.2 Å². The molecule has 1 aliphatic heterocycles. The summed E-state index contributed by atoms with van der Waals surface area (Å²) in [5.74, 6) is 1.28. The Morgan fingerprint density at radius 2 is 2.13 bits per heavy atom. The van der Waals surface area contributed by atoms with Gasteiger partial charge in [-0.15, -0.1) is 0 Å². The average molecular weight is 333 g/mol. The number of aromatic nitrogens is 2. The number of anilines is 2. The minimum absolute atomic E-state index is 0.221. The van der Waals surface area contributed by atoms with Gasteiger partial charge >= 0.3 is 0 Å². The van der Waals surface area contributed by atoms with Gasteiger partial charge in [-0.2, -0.15) is 0 Å². The highest BCUT2D eigenvalue weighted by Gasteiger charge is 2.18. The van der Waals surface area contributed by atoms with Crippen LogP contribution in [0.4, 0.5) is 11.6 Å². The number of rotatable bonds is 4. The fourth-order valence-corrected chi connectivity index (χ4v) is 2.82. The Kier molecular flexibility index (Phi) is 4.73. The van der Waals surface area contributed by atoms with Crippen molar-refractivity contribution in [2.24, 2.45) is 0 Å². The second kappa shape index (κ2) is 6.93. The molecule has 2 aromatic rings. The third-order valence-corrected chi connectivity index (χ3v) is 4.16. The lowest BCUT2D eigenvalue weighted by Gasteiger charge is -2.30. The van der Waals surface area contributed by atoms with Crippen molar-refractivity contribution in [1.82, 2.24) is 9.97 Å². The number of nitrogens with one attached hydrogen (secondary N) is 1. The van der Waals surface area contributed by atoms with Crippen molar-refractivity contribution in [2.45, 2.75) is 18.9 Å². The number of carbonyl (C=O) groups is 1. The predicted molar refractivity (Wildman–Crippen MR) is 89.6 cm³/mol. The molecule has 0 saturated carbocycles. The van der Waals surface area contributed by atoms with Crippen molar-refractivity contribution in [3.8, 4) is 11.3 Å². The summed E-state index contributed by atoms with van der Waals surface area (Å²) in [6, 6.07) is 7.43. The van der Waals surface area contributed by atoms with Crippen molar-refractivity contribution in [3.05, 3.63) is 35.5 Å². The molecule has 1 aliphatic rings. The van der Waals surface area contributed by atoms with Gasteiger partial charge < -0.3 is 15.3 Å². The number of carbonyl (C=O) groups excluding carboxylic acids is 1. The van der Waals surface area contributed by atoms with E-state index in [-0.39, 0.29) is 6.10 Å². The first-order valence-corrected chi connectivity index (χ1v) is 7.81. The van der Waals surface area contributed by atoms with Crippen LogP contribution >= 0.6 is 11.6 Å². The molecule has 6 nitrogen and oxygen atoms in total. The van der Waals surface area contributed by atoms with E-state index in [1.807, 2.05) is 18.2 Å². The molecule has 120 valence electrons. The minimum atomic E-state index is -0.221. The van der Waals surface area contributed by atoms with Gasteiger partial charge in [0, 0.05) is 24.8 Å². The highest BCUT2D eigenvalue weighted by atomic mass is 35.5. The molecule has 23 heavy (non-hydrogen) atoms. The summed E-state index contributed by atoms with van der Waals surface area (Å²) in [5, 5.41) is 12.6. The number of aliphatic hydroxyl groups is 1. The number of pyridine rings is 2. The van der Waals surface area contributed by atoms with Crippen molar-refractivity contribution in [1.29, 1.82) is 0 Å². The summed E-state index contributed by atoms with van der Waals surface area (Å²) in [6.45, 7) is 1.55. The van der Waals surface area contributed by atoms with Crippen LogP contribution in [0.2, 0.25) is 5.02 Å². The van der Waals surface area contributed by atoms with Gasteiger partial charge in [-0.3, -0.25) is 4.79 Å². The van der Waals surface area contributed by atoms with Crippen LogP contribution in [0.3, 0.4) is 0 Å². The molecule has 0 atom stereocenters. The number of hydrogen-bond acceptors (Lipinski definition) is 5. The van der Waals surface area contributed by atoms with E-state index in [1.165, 1.54) is 6.20 Å². The Morgan fingerprint density at radius 1 is 1.35 bits per heavy atom. The monoisotopic (exact) mass is 332 g/mol. The largest absolute Gasteiger partial charge is 0.393 e. The van der Waals surface area contributed by atoms with Gasteiger partial charge in [-0.05, 0) is 31.0 Å². The maximum Gasteiger partial charge on any atom is 0.212 e. The van der Waals surface area contributed by atoms with E-state index >= 15 is 0 Å². The van der Waals surface area contributed by atoms with Crippen LogP contribution in [0.1, 0.15) is 12.8 Å². The lowest BCUT2D eigenvalue weighted by atomic mass is 10.1. The van der Waals surface area contributed by atoms with Gasteiger partial charge in [0.15, 0.2) is 0 Å². The van der Waals surface area contributed by atoms with Crippen LogP contribution in [0, 0.1) is 0 Å². The number of piperidine rings is 1. The first-order chi connectivity index (χ1) is 11.2. The summed E-state index contributed by atoms with van der Waals surface area (Å²) in [5.41, 5.74) is 1.43. The second-order valence-electron chi connectivity index (χ2n) is 5.41. The molecular formula is C16H17ClN4O2. The highest BCUT2D eigenvalue weighted by Crippen LogP contribution is 2.29. The van der Waals surface area contributed by atoms with Crippen molar-refractivity contribution >= 4 is 29.6 Å². The Bertz CT molecular complexity index is 702. The molecule has 1 amide bonds. The number of halogens is 1. The average Bonchev–Trinajstić information content (AvgIpc) is 2.58. The fraction of sp³-hybridized carbons (Fsp3) is 0.312. The van der Waals surface area contributed by atoms with E-state index in [9.17, 15) is 9.90 Å². The Balaban J connectivity index is 1.90. The molecule has 7 heteroatoms. The number of hydrogen-bond donors (Lipinski definition) is 2. The molecular weight excluding hydrogens is 316 g/mol. The summed E-state index contributed by atoms with van der Waals surface area (Å²) in [7, 11) is 0. The van der Waals surface area contributed by atoms with E-state index in [2.05, 4.69) is 20.2 Å². The normalized spacial score (nSPS) is 15.5. The third kappa shape index (κ3) is 3.60. The first kappa shape index (κ1) is 15.7. The Hall–Kier alpha value is -2.18.